The predicted octanol–water partition coefficient (Wildman–Crippen LogP) is 2.80. The Bertz CT molecular complexity index is 695. The van der Waals surface area contributed by atoms with E-state index >= 15 is 0 Å². The molecule has 0 saturated carbocycles. The Morgan fingerprint density at radius 2 is 1.69 bits per heavy atom. The standard InChI is InChI=1S/C21H30N4O/c1-17-9-11-20(12-10-17)26-14-13-23-21(22-2)24-15-18-7-5-6-8-19(18)16-25(3)4/h5-12H,13-16H2,1-4H3,(H2,22,23,24). The van der Waals surface area contributed by atoms with Crippen molar-refractivity contribution in [2.24, 2.45) is 4.99 Å². The molecular weight excluding hydrogens is 324 g/mol. The van der Waals surface area contributed by atoms with Crippen LogP contribution >= 0.6 is 0 Å². The molecule has 0 bridgehead atoms. The summed E-state index contributed by atoms with van der Waals surface area (Å²) >= 11 is 0. The largest absolute Gasteiger partial charge is 0.492 e. The third kappa shape index (κ3) is 6.76. The number of hydrogen-bond donors (Lipinski definition) is 2. The second-order valence-electron chi connectivity index (χ2n) is 6.52. The van der Waals surface area contributed by atoms with Crippen LogP contribution in [0.4, 0.5) is 0 Å². The first-order valence-corrected chi connectivity index (χ1v) is 8.94. The first-order valence-electron chi connectivity index (χ1n) is 8.94. The van der Waals surface area contributed by atoms with Gasteiger partial charge in [-0.1, -0.05) is 42.0 Å². The lowest BCUT2D eigenvalue weighted by Crippen LogP contribution is -2.39. The fraction of sp³-hybridized carbons (Fsp3) is 0.381. The molecule has 0 radical (unpaired) electrons. The Labute approximate surface area is 157 Å². The van der Waals surface area contributed by atoms with Crippen molar-refractivity contribution in [2.75, 3.05) is 34.3 Å². The first kappa shape index (κ1) is 19.8. The third-order valence-corrected chi connectivity index (χ3v) is 3.96. The maximum Gasteiger partial charge on any atom is 0.191 e. The Hall–Kier alpha value is -2.53. The molecule has 5 heteroatoms. The minimum absolute atomic E-state index is 0.584. The molecule has 0 heterocycles. The number of rotatable bonds is 8. The highest BCUT2D eigenvalue weighted by atomic mass is 16.5. The van der Waals surface area contributed by atoms with E-state index < -0.39 is 0 Å². The molecule has 5 nitrogen and oxygen atoms in total. The van der Waals surface area contributed by atoms with Crippen LogP contribution in [-0.2, 0) is 13.1 Å². The van der Waals surface area contributed by atoms with E-state index in [1.807, 2.05) is 12.1 Å². The molecule has 0 spiro atoms. The lowest BCUT2D eigenvalue weighted by Gasteiger charge is -2.16. The van der Waals surface area contributed by atoms with Crippen LogP contribution in [0.25, 0.3) is 0 Å². The van der Waals surface area contributed by atoms with Gasteiger partial charge in [0.2, 0.25) is 0 Å². The zero-order valence-corrected chi connectivity index (χ0v) is 16.2. The third-order valence-electron chi connectivity index (χ3n) is 3.96. The fourth-order valence-corrected chi connectivity index (χ4v) is 2.60. The predicted molar refractivity (Wildman–Crippen MR) is 109 cm³/mol. The molecule has 2 aromatic carbocycles. The lowest BCUT2D eigenvalue weighted by molar-refractivity contribution is 0.322. The van der Waals surface area contributed by atoms with Crippen LogP contribution in [0.15, 0.2) is 53.5 Å². The second-order valence-corrected chi connectivity index (χ2v) is 6.52. The highest BCUT2D eigenvalue weighted by Crippen LogP contribution is 2.11. The van der Waals surface area contributed by atoms with Crippen LogP contribution in [0.1, 0.15) is 16.7 Å². The fourth-order valence-electron chi connectivity index (χ4n) is 2.60. The highest BCUT2D eigenvalue weighted by Gasteiger charge is 2.04. The molecule has 0 aliphatic rings. The van der Waals surface area contributed by atoms with E-state index in [9.17, 15) is 0 Å². The van der Waals surface area contributed by atoms with Crippen LogP contribution in [-0.4, -0.2) is 45.2 Å². The van der Waals surface area contributed by atoms with Crippen LogP contribution < -0.4 is 15.4 Å². The first-order chi connectivity index (χ1) is 12.6. The topological polar surface area (TPSA) is 48.9 Å². The molecule has 2 rings (SSSR count). The molecular formula is C21H30N4O. The zero-order chi connectivity index (χ0) is 18.8. The number of hydrogen-bond acceptors (Lipinski definition) is 3. The summed E-state index contributed by atoms with van der Waals surface area (Å²) < 4.78 is 5.73. The Morgan fingerprint density at radius 3 is 2.35 bits per heavy atom. The molecule has 0 fully saturated rings. The van der Waals surface area contributed by atoms with Crippen LogP contribution in [0.5, 0.6) is 5.75 Å². The van der Waals surface area contributed by atoms with Gasteiger partial charge >= 0.3 is 0 Å². The number of benzene rings is 2. The van der Waals surface area contributed by atoms with Crippen molar-refractivity contribution < 1.29 is 4.74 Å². The van der Waals surface area contributed by atoms with Gasteiger partial charge in [-0.3, -0.25) is 4.99 Å². The van der Waals surface area contributed by atoms with Crippen LogP contribution in [0.3, 0.4) is 0 Å². The number of nitrogens with zero attached hydrogens (tertiary/aromatic N) is 2. The van der Waals surface area contributed by atoms with Crippen molar-refractivity contribution in [1.82, 2.24) is 15.5 Å². The van der Waals surface area contributed by atoms with Gasteiger partial charge in [-0.15, -0.1) is 0 Å². The molecule has 0 atom stereocenters. The summed E-state index contributed by atoms with van der Waals surface area (Å²) in [7, 11) is 5.94. The van der Waals surface area contributed by atoms with Gasteiger partial charge in [0.25, 0.3) is 0 Å². The minimum atomic E-state index is 0.584. The van der Waals surface area contributed by atoms with Crippen LogP contribution in [0, 0.1) is 6.92 Å². The number of guanidine groups is 1. The van der Waals surface area contributed by atoms with E-state index in [1.165, 1.54) is 16.7 Å². The molecule has 0 unspecified atom stereocenters. The highest BCUT2D eigenvalue weighted by molar-refractivity contribution is 5.79. The van der Waals surface area contributed by atoms with E-state index in [2.05, 4.69) is 77.9 Å². The van der Waals surface area contributed by atoms with Crippen molar-refractivity contribution >= 4 is 5.96 Å². The average molecular weight is 354 g/mol. The van der Waals surface area contributed by atoms with Crippen molar-refractivity contribution in [3.8, 4) is 5.75 Å². The number of nitrogens with one attached hydrogen (secondary N) is 2. The molecule has 0 aliphatic heterocycles. The summed E-state index contributed by atoms with van der Waals surface area (Å²) in [5.41, 5.74) is 3.83. The molecule has 0 aromatic heterocycles. The van der Waals surface area contributed by atoms with Crippen LogP contribution in [0.2, 0.25) is 0 Å². The second kappa shape index (κ2) is 10.5. The molecule has 0 aliphatic carbocycles. The van der Waals surface area contributed by atoms with Crippen molar-refractivity contribution in [2.45, 2.75) is 20.0 Å². The monoisotopic (exact) mass is 354 g/mol. The molecule has 140 valence electrons. The number of aliphatic imine (C=N–C) groups is 1. The van der Waals surface area contributed by atoms with Gasteiger partial charge in [0.05, 0.1) is 6.54 Å². The summed E-state index contributed by atoms with van der Waals surface area (Å²) in [5, 5.41) is 6.66. The summed E-state index contributed by atoms with van der Waals surface area (Å²) in [5.74, 6) is 1.66. The average Bonchev–Trinajstić information content (AvgIpc) is 2.63. The van der Waals surface area contributed by atoms with Crippen molar-refractivity contribution in [3.05, 3.63) is 65.2 Å². The minimum Gasteiger partial charge on any atom is -0.492 e. The van der Waals surface area contributed by atoms with E-state index in [4.69, 9.17) is 4.74 Å². The number of aryl methyl sites for hydroxylation is 1. The van der Waals surface area contributed by atoms with Gasteiger partial charge in [-0.25, -0.2) is 0 Å². The normalized spacial score (nSPS) is 11.5. The van der Waals surface area contributed by atoms with Gasteiger partial charge in [0.1, 0.15) is 12.4 Å². The maximum absolute atomic E-state index is 5.73. The summed E-state index contributed by atoms with van der Waals surface area (Å²) in [6, 6.07) is 16.6. The molecule has 26 heavy (non-hydrogen) atoms. The van der Waals surface area contributed by atoms with E-state index in [0.717, 1.165) is 24.8 Å². The van der Waals surface area contributed by atoms with Gasteiger partial charge in [0, 0.05) is 20.1 Å². The van der Waals surface area contributed by atoms with E-state index in [1.54, 1.807) is 7.05 Å². The van der Waals surface area contributed by atoms with Gasteiger partial charge < -0.3 is 20.3 Å². The summed E-state index contributed by atoms with van der Waals surface area (Å²) in [4.78, 5) is 6.45. The Balaban J connectivity index is 1.77. The molecule has 2 N–H and O–H groups in total. The maximum atomic E-state index is 5.73. The molecule has 0 amide bonds. The smallest absolute Gasteiger partial charge is 0.191 e. The van der Waals surface area contributed by atoms with Gasteiger partial charge in [0.15, 0.2) is 5.96 Å². The summed E-state index contributed by atoms with van der Waals surface area (Å²) in [6.07, 6.45) is 0. The van der Waals surface area contributed by atoms with Crippen molar-refractivity contribution in [1.29, 1.82) is 0 Å². The Morgan fingerprint density at radius 1 is 1.00 bits per heavy atom. The SMILES string of the molecule is CN=C(NCCOc1ccc(C)cc1)NCc1ccccc1CN(C)C. The summed E-state index contributed by atoms with van der Waals surface area (Å²) in [6.45, 7) is 5.00. The quantitative estimate of drug-likeness (QED) is 0.435. The van der Waals surface area contributed by atoms with Gasteiger partial charge in [-0.05, 0) is 44.3 Å². The molecule has 0 saturated heterocycles. The van der Waals surface area contributed by atoms with E-state index in [-0.39, 0.29) is 0 Å². The lowest BCUT2D eigenvalue weighted by atomic mass is 10.1. The van der Waals surface area contributed by atoms with E-state index in [0.29, 0.717) is 13.2 Å². The van der Waals surface area contributed by atoms with Gasteiger partial charge in [-0.2, -0.15) is 0 Å². The number of ether oxygens (including phenoxy) is 1. The molecule has 2 aromatic rings. The zero-order valence-electron chi connectivity index (χ0n) is 16.2. The Kier molecular flexibility index (Phi) is 7.96. The van der Waals surface area contributed by atoms with Crippen molar-refractivity contribution in [3.63, 3.8) is 0 Å².